The molecule has 2 nitrogen and oxygen atoms in total. The van der Waals surface area contributed by atoms with Gasteiger partial charge >= 0.3 is 0 Å². The Bertz CT molecular complexity index is 3610. The van der Waals surface area contributed by atoms with Gasteiger partial charge in [0.25, 0.3) is 0 Å². The quantitative estimate of drug-likeness (QED) is 0.0832. The molecule has 4 unspecified atom stereocenters. The minimum Gasteiger partial charge on any atom is -0.456 e. The molecule has 2 heteroatoms. The van der Waals surface area contributed by atoms with Gasteiger partial charge in [-0.3, -0.25) is 0 Å². The highest BCUT2D eigenvalue weighted by Crippen LogP contribution is 2.52. The molecule has 4 atom stereocenters. The van der Waals surface area contributed by atoms with Crippen molar-refractivity contribution in [1.82, 2.24) is 4.57 Å². The Morgan fingerprint density at radius 2 is 1.46 bits per heavy atom. The maximum Gasteiger partial charge on any atom is 0.135 e. The summed E-state index contributed by atoms with van der Waals surface area (Å²) in [7, 11) is 0. The summed E-state index contributed by atoms with van der Waals surface area (Å²) in [6.07, 6.45) is 18.7. The van der Waals surface area contributed by atoms with Gasteiger partial charge in [-0.1, -0.05) is 206 Å². The Balaban J connectivity index is 0.961. The Hall–Kier alpha value is -7.42. The molecule has 74 heavy (non-hydrogen) atoms. The Kier molecular flexibility index (Phi) is 14.1. The summed E-state index contributed by atoms with van der Waals surface area (Å²) < 4.78 is 8.82. The minimum atomic E-state index is -0.156. The number of hydrogen-bond donors (Lipinski definition) is 0. The molecule has 2 aliphatic carbocycles. The molecular formula is C72H73NO. The molecule has 0 amide bonds. The van der Waals surface area contributed by atoms with Crippen LogP contribution in [0.15, 0.2) is 222 Å². The van der Waals surface area contributed by atoms with Crippen LogP contribution in [0, 0.1) is 18.3 Å². The van der Waals surface area contributed by atoms with Crippen LogP contribution in [-0.2, 0) is 6.42 Å². The van der Waals surface area contributed by atoms with Gasteiger partial charge in [0.1, 0.15) is 11.3 Å². The van der Waals surface area contributed by atoms with Crippen LogP contribution in [0.4, 0.5) is 0 Å². The number of allylic oxidation sites excluding steroid dienone is 11. The van der Waals surface area contributed by atoms with Crippen molar-refractivity contribution in [2.75, 3.05) is 0 Å². The number of para-hydroxylation sites is 1. The van der Waals surface area contributed by atoms with Crippen LogP contribution >= 0.6 is 0 Å². The lowest BCUT2D eigenvalue weighted by atomic mass is 9.77. The van der Waals surface area contributed by atoms with Crippen molar-refractivity contribution in [2.24, 2.45) is 11.3 Å². The third-order valence-electron chi connectivity index (χ3n) is 17.2. The van der Waals surface area contributed by atoms with Gasteiger partial charge in [-0.15, -0.1) is 0 Å². The van der Waals surface area contributed by atoms with Crippen LogP contribution in [0.5, 0.6) is 0 Å². The SMILES string of the molecule is C=CC1=C(C=C)C(C)(C)C(=CCCC(c2ccc(-c3ccc(C(C)C(C)c4ccccc4)c(-c4ccccc4C)c3)cc2)C(C)C(=C)CCC(=C)n2c3ccccc3c3c4c5c(oc4ccc32)C=CCC5)C1=CC. The summed E-state index contributed by atoms with van der Waals surface area (Å²) in [5.74, 6) is 2.16. The Labute approximate surface area is 441 Å². The summed E-state index contributed by atoms with van der Waals surface area (Å²) >= 11 is 0. The number of nitrogens with zero attached hydrogens (tertiary/aromatic N) is 1. The third-order valence-corrected chi connectivity index (χ3v) is 17.2. The van der Waals surface area contributed by atoms with Crippen LogP contribution in [0.25, 0.3) is 66.8 Å². The predicted octanol–water partition coefficient (Wildman–Crippen LogP) is 20.6. The molecule has 0 fully saturated rings. The zero-order chi connectivity index (χ0) is 51.8. The van der Waals surface area contributed by atoms with Crippen molar-refractivity contribution in [1.29, 1.82) is 0 Å². The largest absolute Gasteiger partial charge is 0.456 e. The fourth-order valence-corrected chi connectivity index (χ4v) is 12.8. The molecule has 2 aliphatic rings. The molecular weight excluding hydrogens is 895 g/mol. The van der Waals surface area contributed by atoms with Gasteiger partial charge in [-0.05, 0) is 173 Å². The standard InChI is InChI=1S/C72H73NO/c1-12-56-57(13-2)65(72(10,11)64(56)14-3)32-24-31-59(49(7)46(4)35-36-48(6)73-66-33-22-20-29-61(66)70-67(73)43-44-69-71(70)62-30-21-23-34-68(62)74-69)54-39-37-53(38-40-54)55-41-42-60(51(9)50(8)52-26-16-15-17-27-52)63(45-55)58-28-19-18-25-47(58)5/h12-20,22-23,25-29,32-34,37-45,49-51,59H,1,3-4,6,21,24,30-31,35-36H2,2,5,7-11H3. The lowest BCUT2D eigenvalue weighted by Crippen LogP contribution is -2.14. The smallest absolute Gasteiger partial charge is 0.135 e. The van der Waals surface area contributed by atoms with Gasteiger partial charge in [0.2, 0.25) is 0 Å². The van der Waals surface area contributed by atoms with Gasteiger partial charge in [-0.2, -0.15) is 0 Å². The number of furan rings is 1. The van der Waals surface area contributed by atoms with E-state index in [0.717, 1.165) is 55.6 Å². The lowest BCUT2D eigenvalue weighted by Gasteiger charge is -2.28. The highest BCUT2D eigenvalue weighted by molar-refractivity contribution is 6.22. The average Bonchev–Trinajstić information content (AvgIpc) is 4.08. The fraction of sp³-hybridized carbons (Fsp3) is 0.250. The van der Waals surface area contributed by atoms with Crippen LogP contribution < -0.4 is 0 Å². The molecule has 372 valence electrons. The highest BCUT2D eigenvalue weighted by Gasteiger charge is 2.37. The molecule has 10 rings (SSSR count). The first kappa shape index (κ1) is 50.1. The number of aryl methyl sites for hydroxylation is 2. The summed E-state index contributed by atoms with van der Waals surface area (Å²) in [4.78, 5) is 0. The molecule has 0 aliphatic heterocycles. The van der Waals surface area contributed by atoms with E-state index in [1.54, 1.807) is 0 Å². The average molecular weight is 968 g/mol. The summed E-state index contributed by atoms with van der Waals surface area (Å²) in [6, 6.07) is 49.6. The molecule has 0 saturated carbocycles. The van der Waals surface area contributed by atoms with E-state index >= 15 is 0 Å². The summed E-state index contributed by atoms with van der Waals surface area (Å²) in [5, 5.41) is 3.76. The van der Waals surface area contributed by atoms with Crippen LogP contribution in [0.2, 0.25) is 0 Å². The highest BCUT2D eigenvalue weighted by atomic mass is 16.3. The Morgan fingerprint density at radius 3 is 2.20 bits per heavy atom. The minimum absolute atomic E-state index is 0.156. The topological polar surface area (TPSA) is 18.1 Å². The van der Waals surface area contributed by atoms with Gasteiger partial charge in [-0.25, -0.2) is 0 Å². The van der Waals surface area contributed by atoms with E-state index < -0.39 is 0 Å². The zero-order valence-electron chi connectivity index (χ0n) is 44.9. The number of aromatic nitrogens is 1. The van der Waals surface area contributed by atoms with Gasteiger partial charge in [0.15, 0.2) is 0 Å². The van der Waals surface area contributed by atoms with E-state index in [9.17, 15) is 0 Å². The van der Waals surface area contributed by atoms with Crippen molar-refractivity contribution in [3.63, 3.8) is 0 Å². The molecule has 2 heterocycles. The molecule has 0 spiro atoms. The van der Waals surface area contributed by atoms with Crippen LogP contribution in [0.1, 0.15) is 125 Å². The van der Waals surface area contributed by atoms with Gasteiger partial charge < -0.3 is 8.98 Å². The van der Waals surface area contributed by atoms with E-state index in [1.165, 1.54) is 105 Å². The van der Waals surface area contributed by atoms with E-state index in [4.69, 9.17) is 17.6 Å². The maximum atomic E-state index is 6.42. The summed E-state index contributed by atoms with van der Waals surface area (Å²) in [5.41, 5.74) is 22.4. The number of hydrogen-bond acceptors (Lipinski definition) is 1. The van der Waals surface area contributed by atoms with E-state index in [0.29, 0.717) is 11.8 Å². The predicted molar refractivity (Wildman–Crippen MR) is 320 cm³/mol. The van der Waals surface area contributed by atoms with Gasteiger partial charge in [0, 0.05) is 32.8 Å². The first-order chi connectivity index (χ1) is 35.9. The monoisotopic (exact) mass is 968 g/mol. The molecule has 2 aromatic heterocycles. The van der Waals surface area contributed by atoms with E-state index in [1.807, 2.05) is 12.2 Å². The van der Waals surface area contributed by atoms with Crippen molar-refractivity contribution in [3.8, 4) is 22.3 Å². The molecule has 8 aromatic rings. The molecule has 6 aromatic carbocycles. The van der Waals surface area contributed by atoms with Crippen molar-refractivity contribution < 1.29 is 4.42 Å². The maximum absolute atomic E-state index is 6.42. The van der Waals surface area contributed by atoms with Crippen LogP contribution in [0.3, 0.4) is 0 Å². The third kappa shape index (κ3) is 8.97. The van der Waals surface area contributed by atoms with Crippen molar-refractivity contribution in [2.45, 2.75) is 105 Å². The second-order valence-electron chi connectivity index (χ2n) is 21.7. The van der Waals surface area contributed by atoms with Gasteiger partial charge in [0.05, 0.1) is 11.0 Å². The van der Waals surface area contributed by atoms with E-state index in [-0.39, 0.29) is 17.3 Å². The molecule has 0 saturated heterocycles. The molecule has 0 bridgehead atoms. The normalized spacial score (nSPS) is 17.0. The van der Waals surface area contributed by atoms with E-state index in [2.05, 4.69) is 224 Å². The lowest BCUT2D eigenvalue weighted by molar-refractivity contribution is 0.479. The summed E-state index contributed by atoms with van der Waals surface area (Å²) in [6.45, 7) is 34.3. The number of rotatable bonds is 17. The number of benzene rings is 6. The fourth-order valence-electron chi connectivity index (χ4n) is 12.8. The first-order valence-electron chi connectivity index (χ1n) is 27.1. The second-order valence-corrected chi connectivity index (χ2v) is 21.7. The molecule has 0 radical (unpaired) electrons. The Morgan fingerprint density at radius 1 is 0.730 bits per heavy atom. The van der Waals surface area contributed by atoms with Crippen molar-refractivity contribution in [3.05, 3.63) is 252 Å². The van der Waals surface area contributed by atoms with Crippen molar-refractivity contribution >= 4 is 44.5 Å². The second kappa shape index (κ2) is 20.8. The zero-order valence-corrected chi connectivity index (χ0v) is 44.9. The molecule has 0 N–H and O–H groups in total. The van der Waals surface area contributed by atoms with Crippen LogP contribution in [-0.4, -0.2) is 4.57 Å². The first-order valence-corrected chi connectivity index (χ1v) is 27.1. The number of fused-ring (bicyclic) bond motifs is 7.